The molecule has 1 amide bonds. The number of amides is 1. The van der Waals surface area contributed by atoms with Crippen molar-refractivity contribution in [3.63, 3.8) is 0 Å². The Morgan fingerprint density at radius 1 is 1.05 bits per heavy atom. The molecule has 1 N–H and O–H groups in total. The Morgan fingerprint density at radius 2 is 1.79 bits per heavy atom. The first-order valence-electron chi connectivity index (χ1n) is 5.19. The number of nitrogens with one attached hydrogen (secondary N) is 1. The van der Waals surface area contributed by atoms with Crippen molar-refractivity contribution in [1.82, 2.24) is 0 Å². The Morgan fingerprint density at radius 3 is 2.53 bits per heavy atom. The number of halogens is 4. The molecule has 2 aromatic rings. The van der Waals surface area contributed by atoms with E-state index in [1.54, 1.807) is 18.2 Å². The van der Waals surface area contributed by atoms with Crippen LogP contribution in [0.1, 0.15) is 10.4 Å². The summed E-state index contributed by atoms with van der Waals surface area (Å²) in [5.41, 5.74) is 0.120. The van der Waals surface area contributed by atoms with Crippen molar-refractivity contribution in [3.8, 4) is 0 Å². The lowest BCUT2D eigenvalue weighted by Gasteiger charge is -2.08. The molecule has 2 rings (SSSR count). The molecule has 19 heavy (non-hydrogen) atoms. The molecule has 0 aliphatic carbocycles. The zero-order chi connectivity index (χ0) is 14.0. The van der Waals surface area contributed by atoms with Crippen LogP contribution in [0.15, 0.2) is 45.3 Å². The van der Waals surface area contributed by atoms with E-state index in [4.69, 9.17) is 0 Å². The lowest BCUT2D eigenvalue weighted by Crippen LogP contribution is -2.13. The fourth-order valence-corrected chi connectivity index (χ4v) is 2.24. The first-order chi connectivity index (χ1) is 8.97. The van der Waals surface area contributed by atoms with Crippen molar-refractivity contribution in [2.75, 3.05) is 5.32 Å². The number of carbonyl (C=O) groups excluding carboxylic acids is 1. The molecule has 0 bridgehead atoms. The number of benzene rings is 2. The molecular weight excluding hydrogens is 384 g/mol. The first-order valence-corrected chi connectivity index (χ1v) is 6.77. The number of rotatable bonds is 2. The van der Waals surface area contributed by atoms with Gasteiger partial charge in [0.15, 0.2) is 0 Å². The van der Waals surface area contributed by atoms with E-state index >= 15 is 0 Å². The van der Waals surface area contributed by atoms with E-state index in [-0.39, 0.29) is 5.69 Å². The minimum absolute atomic E-state index is 0.197. The Labute approximate surface area is 125 Å². The van der Waals surface area contributed by atoms with E-state index in [0.717, 1.165) is 18.2 Å². The highest BCUT2D eigenvalue weighted by atomic mass is 79.9. The predicted octanol–water partition coefficient (Wildman–Crippen LogP) is 4.74. The van der Waals surface area contributed by atoms with Gasteiger partial charge >= 0.3 is 0 Å². The van der Waals surface area contributed by atoms with Crippen molar-refractivity contribution in [2.45, 2.75) is 0 Å². The second kappa shape index (κ2) is 5.79. The zero-order valence-corrected chi connectivity index (χ0v) is 12.6. The van der Waals surface area contributed by atoms with E-state index in [2.05, 4.69) is 37.2 Å². The van der Waals surface area contributed by atoms with E-state index in [0.29, 0.717) is 14.5 Å². The minimum Gasteiger partial charge on any atom is -0.319 e. The van der Waals surface area contributed by atoms with Crippen LogP contribution in [0.2, 0.25) is 0 Å². The second-order valence-electron chi connectivity index (χ2n) is 3.70. The Balaban J connectivity index is 2.30. The summed E-state index contributed by atoms with van der Waals surface area (Å²) in [5, 5.41) is 2.33. The molecule has 0 aromatic heterocycles. The summed E-state index contributed by atoms with van der Waals surface area (Å²) in [6.07, 6.45) is 0. The number of anilines is 1. The lowest BCUT2D eigenvalue weighted by molar-refractivity contribution is 0.102. The van der Waals surface area contributed by atoms with E-state index in [1.165, 1.54) is 0 Å². The summed E-state index contributed by atoms with van der Waals surface area (Å²) in [6, 6.07) is 7.89. The maximum Gasteiger partial charge on any atom is 0.256 e. The van der Waals surface area contributed by atoms with Crippen LogP contribution in [0.3, 0.4) is 0 Å². The van der Waals surface area contributed by atoms with Gasteiger partial charge in [0, 0.05) is 15.0 Å². The maximum absolute atomic E-state index is 13.4. The molecule has 0 unspecified atom stereocenters. The maximum atomic E-state index is 13.4. The van der Waals surface area contributed by atoms with Gasteiger partial charge in [-0.05, 0) is 46.3 Å². The van der Waals surface area contributed by atoms with Gasteiger partial charge in [-0.25, -0.2) is 8.78 Å². The molecule has 0 heterocycles. The molecule has 2 nitrogen and oxygen atoms in total. The van der Waals surface area contributed by atoms with Crippen LogP contribution in [-0.2, 0) is 0 Å². The van der Waals surface area contributed by atoms with Gasteiger partial charge in [0.1, 0.15) is 11.6 Å². The van der Waals surface area contributed by atoms with Gasteiger partial charge in [-0.1, -0.05) is 15.9 Å². The standard InChI is InChI=1S/C13H7Br2F2NO/c14-7-1-3-10(15)9(5-7)13(19)18-12-6-8(16)2-4-11(12)17/h1-6H,(H,18,19). The predicted molar refractivity (Wildman–Crippen MR) is 76.2 cm³/mol. The van der Waals surface area contributed by atoms with Crippen molar-refractivity contribution < 1.29 is 13.6 Å². The summed E-state index contributed by atoms with van der Waals surface area (Å²) in [6.45, 7) is 0. The monoisotopic (exact) mass is 389 g/mol. The number of hydrogen-bond acceptors (Lipinski definition) is 1. The van der Waals surface area contributed by atoms with Gasteiger partial charge in [-0.2, -0.15) is 0 Å². The van der Waals surface area contributed by atoms with Crippen LogP contribution in [-0.4, -0.2) is 5.91 Å². The van der Waals surface area contributed by atoms with E-state index < -0.39 is 17.5 Å². The Kier molecular flexibility index (Phi) is 4.31. The molecule has 0 aliphatic heterocycles. The van der Waals surface area contributed by atoms with Crippen LogP contribution in [0.5, 0.6) is 0 Å². The quantitative estimate of drug-likeness (QED) is 0.788. The summed E-state index contributed by atoms with van der Waals surface area (Å²) >= 11 is 6.47. The topological polar surface area (TPSA) is 29.1 Å². The van der Waals surface area contributed by atoms with Crippen molar-refractivity contribution in [2.24, 2.45) is 0 Å². The third-order valence-corrected chi connectivity index (χ3v) is 3.53. The average Bonchev–Trinajstić information content (AvgIpc) is 2.36. The lowest BCUT2D eigenvalue weighted by atomic mass is 10.2. The van der Waals surface area contributed by atoms with Crippen LogP contribution in [0, 0.1) is 11.6 Å². The summed E-state index contributed by atoms with van der Waals surface area (Å²) < 4.78 is 27.7. The molecule has 0 saturated carbocycles. The minimum atomic E-state index is -0.694. The average molecular weight is 391 g/mol. The van der Waals surface area contributed by atoms with Gasteiger partial charge in [-0.15, -0.1) is 0 Å². The fourth-order valence-electron chi connectivity index (χ4n) is 1.45. The molecule has 6 heteroatoms. The van der Waals surface area contributed by atoms with Crippen molar-refractivity contribution in [3.05, 3.63) is 62.5 Å². The SMILES string of the molecule is O=C(Nc1cc(F)ccc1F)c1cc(Br)ccc1Br. The molecule has 0 radical (unpaired) electrons. The largest absolute Gasteiger partial charge is 0.319 e. The Bertz CT molecular complexity index is 647. The van der Waals surface area contributed by atoms with E-state index in [1.807, 2.05) is 0 Å². The number of carbonyl (C=O) groups is 1. The van der Waals surface area contributed by atoms with E-state index in [9.17, 15) is 13.6 Å². The zero-order valence-electron chi connectivity index (χ0n) is 9.38. The summed E-state index contributed by atoms with van der Waals surface area (Å²) in [4.78, 5) is 12.0. The smallest absolute Gasteiger partial charge is 0.256 e. The summed E-state index contributed by atoms with van der Waals surface area (Å²) in [5.74, 6) is -1.84. The third-order valence-electron chi connectivity index (χ3n) is 2.35. The fraction of sp³-hybridized carbons (Fsp3) is 0. The first kappa shape index (κ1) is 14.1. The highest BCUT2D eigenvalue weighted by Crippen LogP contribution is 2.23. The molecule has 0 aliphatic rings. The van der Waals surface area contributed by atoms with Crippen LogP contribution in [0.25, 0.3) is 0 Å². The summed E-state index contributed by atoms with van der Waals surface area (Å²) in [7, 11) is 0. The normalized spacial score (nSPS) is 10.3. The van der Waals surface area contributed by atoms with Gasteiger partial charge in [0.05, 0.1) is 11.3 Å². The van der Waals surface area contributed by atoms with Crippen LogP contribution >= 0.6 is 31.9 Å². The molecule has 0 saturated heterocycles. The highest BCUT2D eigenvalue weighted by molar-refractivity contribution is 9.11. The van der Waals surface area contributed by atoms with Gasteiger partial charge in [-0.3, -0.25) is 4.79 Å². The molecule has 0 atom stereocenters. The highest BCUT2D eigenvalue weighted by Gasteiger charge is 2.13. The van der Waals surface area contributed by atoms with Crippen LogP contribution in [0.4, 0.5) is 14.5 Å². The van der Waals surface area contributed by atoms with Crippen molar-refractivity contribution in [1.29, 1.82) is 0 Å². The molecule has 98 valence electrons. The molecule has 0 fully saturated rings. The van der Waals surface area contributed by atoms with Gasteiger partial charge in [0.25, 0.3) is 5.91 Å². The Hall–Kier alpha value is -1.27. The second-order valence-corrected chi connectivity index (χ2v) is 5.47. The third kappa shape index (κ3) is 3.39. The molecule has 0 spiro atoms. The number of hydrogen-bond donors (Lipinski definition) is 1. The molecular formula is C13H7Br2F2NO. The van der Waals surface area contributed by atoms with Crippen LogP contribution < -0.4 is 5.32 Å². The molecule has 2 aromatic carbocycles. The van der Waals surface area contributed by atoms with Gasteiger partial charge < -0.3 is 5.32 Å². The van der Waals surface area contributed by atoms with Crippen molar-refractivity contribution >= 4 is 43.5 Å². The van der Waals surface area contributed by atoms with Gasteiger partial charge in [0.2, 0.25) is 0 Å².